The van der Waals surface area contributed by atoms with Crippen molar-refractivity contribution in [1.82, 2.24) is 0 Å². The van der Waals surface area contributed by atoms with E-state index in [0.717, 1.165) is 88.4 Å². The predicted molar refractivity (Wildman–Crippen MR) is 246 cm³/mol. The summed E-state index contributed by atoms with van der Waals surface area (Å²) >= 11 is 0. The van der Waals surface area contributed by atoms with Gasteiger partial charge in [-0.05, 0) is 156 Å². The van der Waals surface area contributed by atoms with Gasteiger partial charge in [-0.2, -0.15) is 15.8 Å². The van der Waals surface area contributed by atoms with Crippen LogP contribution < -0.4 is 9.80 Å². The van der Waals surface area contributed by atoms with Crippen molar-refractivity contribution in [2.45, 2.75) is 0 Å². The summed E-state index contributed by atoms with van der Waals surface area (Å²) in [6.07, 6.45) is 0. The van der Waals surface area contributed by atoms with Crippen molar-refractivity contribution >= 4 is 105 Å². The number of nitriles is 3. The summed E-state index contributed by atoms with van der Waals surface area (Å²) in [5.41, 5.74) is 10.5. The van der Waals surface area contributed by atoms with Gasteiger partial charge in [-0.25, -0.2) is 4.85 Å². The average Bonchev–Trinajstić information content (AvgIpc) is 3.92. The largest absolute Gasteiger partial charge is 0.451 e. The minimum absolute atomic E-state index is 0.559. The topological polar surface area (TPSA) is 108 Å². The molecule has 2 heterocycles. The summed E-state index contributed by atoms with van der Waals surface area (Å²) in [6, 6.07) is 61.7. The maximum Gasteiger partial charge on any atom is 0.187 e. The van der Waals surface area contributed by atoms with Crippen LogP contribution in [0.1, 0.15) is 16.7 Å². The van der Waals surface area contributed by atoms with Gasteiger partial charge in [0.25, 0.3) is 0 Å². The summed E-state index contributed by atoms with van der Waals surface area (Å²) in [7, 11) is 0. The first-order valence-corrected chi connectivity index (χ1v) is 19.8. The molecule has 0 saturated heterocycles. The fourth-order valence-electron chi connectivity index (χ4n) is 8.52. The Hall–Kier alpha value is -9.34. The van der Waals surface area contributed by atoms with Gasteiger partial charge in [0.05, 0.1) is 41.5 Å². The number of fused-ring (bicyclic) bond motifs is 11. The van der Waals surface area contributed by atoms with E-state index < -0.39 is 0 Å². The molecular weight excluding hydrogens is 765 g/mol. The van der Waals surface area contributed by atoms with Gasteiger partial charge < -0.3 is 18.6 Å². The van der Waals surface area contributed by atoms with Crippen molar-refractivity contribution in [3.8, 4) is 18.2 Å². The molecule has 0 saturated carbocycles. The first kappa shape index (κ1) is 35.8. The van der Waals surface area contributed by atoms with Gasteiger partial charge in [0.15, 0.2) is 16.9 Å². The molecular formula is C54H28N6O2. The molecule has 0 radical (unpaired) electrons. The molecule has 8 nitrogen and oxygen atoms in total. The van der Waals surface area contributed by atoms with Gasteiger partial charge in [0, 0.05) is 66.4 Å². The summed E-state index contributed by atoms with van der Waals surface area (Å²) in [4.78, 5) is 7.79. The molecule has 0 atom stereocenters. The molecule has 11 aromatic rings. The monoisotopic (exact) mass is 792 g/mol. The zero-order chi connectivity index (χ0) is 41.9. The highest BCUT2D eigenvalue weighted by Gasteiger charge is 2.21. The zero-order valence-corrected chi connectivity index (χ0v) is 32.7. The first-order valence-electron chi connectivity index (χ1n) is 19.8. The predicted octanol–water partition coefficient (Wildman–Crippen LogP) is 14.9. The third kappa shape index (κ3) is 5.73. The van der Waals surface area contributed by atoms with Crippen LogP contribution in [0.4, 0.5) is 39.8 Å². The Morgan fingerprint density at radius 2 is 0.661 bits per heavy atom. The van der Waals surface area contributed by atoms with Gasteiger partial charge in [0.1, 0.15) is 11.2 Å². The lowest BCUT2D eigenvalue weighted by Crippen LogP contribution is -2.09. The third-order valence-electron chi connectivity index (χ3n) is 11.5. The van der Waals surface area contributed by atoms with Crippen LogP contribution in [0.3, 0.4) is 0 Å². The summed E-state index contributed by atoms with van der Waals surface area (Å²) in [6.45, 7) is 7.44. The second-order valence-electron chi connectivity index (χ2n) is 15.0. The molecule has 0 N–H and O–H groups in total. The molecule has 0 aliphatic carbocycles. The maximum absolute atomic E-state index is 9.45. The van der Waals surface area contributed by atoms with Crippen LogP contribution in [0.15, 0.2) is 179 Å². The molecule has 0 fully saturated rings. The SMILES string of the molecule is [C-]#[N+]c1ccc(N(c2ccc(C#N)cc2)c2ccc3c(ccc4c5ccc6c7ccc8cc(N(c9ccc(C#N)cc9)c9ccc(C#N)cc9)ccc8c7oc6c5oc34)c2)cc1. The molecule has 0 unspecified atom stereocenters. The normalized spacial score (nSPS) is 11.2. The fraction of sp³-hybridized carbons (Fsp3) is 0. The van der Waals surface area contributed by atoms with Crippen LogP contribution in [-0.2, 0) is 0 Å². The van der Waals surface area contributed by atoms with E-state index >= 15 is 0 Å². The molecule has 2 aromatic heterocycles. The van der Waals surface area contributed by atoms with Crippen LogP contribution in [0.25, 0.3) is 70.3 Å². The number of hydrogen-bond donors (Lipinski definition) is 0. The molecule has 286 valence electrons. The number of anilines is 6. The van der Waals surface area contributed by atoms with Crippen LogP contribution >= 0.6 is 0 Å². The van der Waals surface area contributed by atoms with Crippen LogP contribution in [-0.4, -0.2) is 0 Å². The number of rotatable bonds is 6. The van der Waals surface area contributed by atoms with Crippen LogP contribution in [0.2, 0.25) is 0 Å². The second-order valence-corrected chi connectivity index (χ2v) is 15.0. The van der Waals surface area contributed by atoms with Crippen LogP contribution in [0, 0.1) is 40.6 Å². The number of hydrogen-bond acceptors (Lipinski definition) is 7. The van der Waals surface area contributed by atoms with Crippen LogP contribution in [0.5, 0.6) is 0 Å². The van der Waals surface area contributed by atoms with Gasteiger partial charge >= 0.3 is 0 Å². The number of nitrogens with zero attached hydrogens (tertiary/aromatic N) is 6. The molecule has 0 aliphatic heterocycles. The van der Waals surface area contributed by atoms with Crippen molar-refractivity contribution in [2.75, 3.05) is 9.80 Å². The average molecular weight is 793 g/mol. The lowest BCUT2D eigenvalue weighted by atomic mass is 10.0. The molecule has 62 heavy (non-hydrogen) atoms. The molecule has 11 rings (SSSR count). The Bertz CT molecular complexity index is 3410. The highest BCUT2D eigenvalue weighted by molar-refractivity contribution is 6.24. The van der Waals surface area contributed by atoms with E-state index in [1.165, 1.54) is 0 Å². The van der Waals surface area contributed by atoms with Gasteiger partial charge in [0.2, 0.25) is 0 Å². The van der Waals surface area contributed by atoms with E-state index in [1.807, 2.05) is 60.7 Å². The standard InChI is InChI=1S/C54H28N6O2/c1-58-38-10-18-42(19-11-38)60(41-16-6-35(32-57)7-17-41)44-21-25-46-37(29-44)9-23-48-50-27-26-49-47-22-8-36-28-43(20-24-45(36)51(47)61-53(49)54(50)62-52(46)48)59(39-12-2-33(30-55)3-13-39)40-14-4-34(31-56)5-15-40/h2-29H. The van der Waals surface area contributed by atoms with E-state index in [1.54, 1.807) is 36.4 Å². The van der Waals surface area contributed by atoms with Crippen molar-refractivity contribution < 1.29 is 8.83 Å². The minimum atomic E-state index is 0.559. The van der Waals surface area contributed by atoms with E-state index in [-0.39, 0.29) is 0 Å². The molecule has 0 aliphatic rings. The van der Waals surface area contributed by atoms with E-state index in [2.05, 4.69) is 106 Å². The Morgan fingerprint density at radius 1 is 0.355 bits per heavy atom. The fourth-order valence-corrected chi connectivity index (χ4v) is 8.52. The Kier molecular flexibility index (Phi) is 8.19. The third-order valence-corrected chi connectivity index (χ3v) is 11.5. The Morgan fingerprint density at radius 3 is 1.02 bits per heavy atom. The zero-order valence-electron chi connectivity index (χ0n) is 32.7. The van der Waals surface area contributed by atoms with Crippen molar-refractivity contribution in [2.24, 2.45) is 0 Å². The maximum atomic E-state index is 9.45. The lowest BCUT2D eigenvalue weighted by Gasteiger charge is -2.26. The lowest BCUT2D eigenvalue weighted by molar-refractivity contribution is 0.637. The highest BCUT2D eigenvalue weighted by Crippen LogP contribution is 2.45. The Labute approximate surface area is 354 Å². The summed E-state index contributed by atoms with van der Waals surface area (Å²) in [5, 5.41) is 36.1. The second kappa shape index (κ2) is 14.2. The number of benzene rings is 9. The molecule has 0 amide bonds. The van der Waals surface area contributed by atoms with Crippen molar-refractivity contribution in [1.29, 1.82) is 15.8 Å². The van der Waals surface area contributed by atoms with Crippen molar-refractivity contribution in [3.05, 3.63) is 198 Å². The van der Waals surface area contributed by atoms with E-state index in [4.69, 9.17) is 15.4 Å². The molecule has 0 spiro atoms. The molecule has 0 bridgehead atoms. The van der Waals surface area contributed by atoms with Gasteiger partial charge in [-0.15, -0.1) is 0 Å². The van der Waals surface area contributed by atoms with E-state index in [9.17, 15) is 15.8 Å². The molecule has 9 aromatic carbocycles. The highest BCUT2D eigenvalue weighted by atomic mass is 16.4. The first-order chi connectivity index (χ1) is 30.5. The Balaban J connectivity index is 1.02. The molecule has 8 heteroatoms. The van der Waals surface area contributed by atoms with Crippen molar-refractivity contribution in [3.63, 3.8) is 0 Å². The van der Waals surface area contributed by atoms with Gasteiger partial charge in [-0.3, -0.25) is 0 Å². The smallest absolute Gasteiger partial charge is 0.187 e. The van der Waals surface area contributed by atoms with Gasteiger partial charge in [-0.1, -0.05) is 24.3 Å². The summed E-state index contributed by atoms with van der Waals surface area (Å²) in [5.74, 6) is 0. The minimum Gasteiger partial charge on any atom is -0.451 e. The number of furan rings is 2. The summed E-state index contributed by atoms with van der Waals surface area (Å²) < 4.78 is 13.6. The quantitative estimate of drug-likeness (QED) is 0.154. The van der Waals surface area contributed by atoms with E-state index in [0.29, 0.717) is 33.5 Å².